The smallest absolute Gasteiger partial charge is 0.341 e. The van der Waals surface area contributed by atoms with Crippen LogP contribution in [0.25, 0.3) is 11.1 Å². The van der Waals surface area contributed by atoms with E-state index in [0.717, 1.165) is 11.1 Å². The molecule has 0 amide bonds. The molecule has 0 radical (unpaired) electrons. The highest BCUT2D eigenvalue weighted by atomic mass is 16.5. The van der Waals surface area contributed by atoms with Crippen LogP contribution >= 0.6 is 0 Å². The minimum absolute atomic E-state index is 0.0808. The number of carbonyl (C=O) groups excluding carboxylic acids is 1. The Bertz CT molecular complexity index is 552. The molecular weight excluding hydrogens is 230 g/mol. The van der Waals surface area contributed by atoms with Crippen LogP contribution in [0.3, 0.4) is 0 Å². The molecule has 0 saturated carbocycles. The summed E-state index contributed by atoms with van der Waals surface area (Å²) in [6.45, 7) is 2.00. The van der Waals surface area contributed by atoms with Crippen molar-refractivity contribution in [3.8, 4) is 16.9 Å². The van der Waals surface area contributed by atoms with Gasteiger partial charge in [0.15, 0.2) is 0 Å². The molecule has 0 fully saturated rings. The number of hydrogen-bond donors (Lipinski definition) is 1. The number of rotatable bonds is 3. The Labute approximate surface area is 105 Å². The number of hydrogen-bond acceptors (Lipinski definition) is 4. The van der Waals surface area contributed by atoms with Crippen molar-refractivity contribution in [3.63, 3.8) is 0 Å². The number of phenolic OH excluding ortho intramolecular Hbond substituents is 1. The predicted molar refractivity (Wildman–Crippen MR) is 67.3 cm³/mol. The Balaban J connectivity index is 2.34. The summed E-state index contributed by atoms with van der Waals surface area (Å²) in [5, 5.41) is 9.83. The SMILES string of the molecule is CCOC(=O)c1ccc(-c2ccncc2)cc1O. The van der Waals surface area contributed by atoms with E-state index < -0.39 is 5.97 Å². The maximum absolute atomic E-state index is 11.5. The van der Waals surface area contributed by atoms with Gasteiger partial charge in [0, 0.05) is 12.4 Å². The molecular formula is C14H13NO3. The van der Waals surface area contributed by atoms with Gasteiger partial charge >= 0.3 is 5.97 Å². The zero-order valence-corrected chi connectivity index (χ0v) is 9.96. The van der Waals surface area contributed by atoms with E-state index in [2.05, 4.69) is 4.98 Å². The summed E-state index contributed by atoms with van der Waals surface area (Å²) in [5.74, 6) is -0.598. The zero-order chi connectivity index (χ0) is 13.0. The summed E-state index contributed by atoms with van der Waals surface area (Å²) in [7, 11) is 0. The van der Waals surface area contributed by atoms with Gasteiger partial charge in [-0.25, -0.2) is 4.79 Å². The Kier molecular flexibility index (Phi) is 3.57. The third-order valence-electron chi connectivity index (χ3n) is 2.51. The number of esters is 1. The van der Waals surface area contributed by atoms with Gasteiger partial charge in [0.2, 0.25) is 0 Å². The lowest BCUT2D eigenvalue weighted by Crippen LogP contribution is -2.04. The first-order valence-corrected chi connectivity index (χ1v) is 5.63. The molecule has 1 aromatic heterocycles. The number of benzene rings is 1. The van der Waals surface area contributed by atoms with Gasteiger partial charge in [-0.05, 0) is 42.3 Å². The van der Waals surface area contributed by atoms with Gasteiger partial charge in [-0.2, -0.15) is 0 Å². The van der Waals surface area contributed by atoms with Gasteiger partial charge in [-0.1, -0.05) is 6.07 Å². The monoisotopic (exact) mass is 243 g/mol. The van der Waals surface area contributed by atoms with Gasteiger partial charge in [0.25, 0.3) is 0 Å². The Hall–Kier alpha value is -2.36. The molecule has 1 N–H and O–H groups in total. The number of nitrogens with zero attached hydrogens (tertiary/aromatic N) is 1. The molecule has 4 nitrogen and oxygen atoms in total. The average Bonchev–Trinajstić information content (AvgIpc) is 2.40. The van der Waals surface area contributed by atoms with Crippen molar-refractivity contribution < 1.29 is 14.6 Å². The molecule has 2 aromatic rings. The number of ether oxygens (including phenoxy) is 1. The number of phenols is 1. The van der Waals surface area contributed by atoms with Crippen LogP contribution in [0.1, 0.15) is 17.3 Å². The van der Waals surface area contributed by atoms with Crippen LogP contribution in [-0.4, -0.2) is 22.7 Å². The van der Waals surface area contributed by atoms with Gasteiger partial charge in [0.1, 0.15) is 11.3 Å². The first-order chi connectivity index (χ1) is 8.72. The molecule has 0 aliphatic carbocycles. The van der Waals surface area contributed by atoms with Crippen molar-refractivity contribution in [3.05, 3.63) is 48.3 Å². The van der Waals surface area contributed by atoms with Crippen molar-refractivity contribution in [2.75, 3.05) is 6.61 Å². The summed E-state index contributed by atoms with van der Waals surface area (Å²) >= 11 is 0. The molecule has 2 rings (SSSR count). The van der Waals surface area contributed by atoms with Crippen LogP contribution in [0.15, 0.2) is 42.7 Å². The fraction of sp³-hybridized carbons (Fsp3) is 0.143. The quantitative estimate of drug-likeness (QED) is 0.842. The summed E-state index contributed by atoms with van der Waals surface area (Å²) in [6, 6.07) is 8.53. The fourth-order valence-corrected chi connectivity index (χ4v) is 1.64. The lowest BCUT2D eigenvalue weighted by molar-refractivity contribution is 0.0523. The maximum Gasteiger partial charge on any atom is 0.341 e. The molecule has 0 unspecified atom stereocenters. The van der Waals surface area contributed by atoms with E-state index in [-0.39, 0.29) is 17.9 Å². The second-order valence-corrected chi connectivity index (χ2v) is 3.69. The van der Waals surface area contributed by atoms with Crippen molar-refractivity contribution in [1.29, 1.82) is 0 Å². The Morgan fingerprint density at radius 2 is 1.94 bits per heavy atom. The van der Waals surface area contributed by atoms with E-state index in [1.165, 1.54) is 0 Å². The van der Waals surface area contributed by atoms with Crippen LogP contribution in [0.2, 0.25) is 0 Å². The normalized spacial score (nSPS) is 10.1. The van der Waals surface area contributed by atoms with Gasteiger partial charge in [-0.3, -0.25) is 4.98 Å². The fourth-order valence-electron chi connectivity index (χ4n) is 1.64. The van der Waals surface area contributed by atoms with Crippen molar-refractivity contribution in [2.24, 2.45) is 0 Å². The molecule has 1 aromatic carbocycles. The van der Waals surface area contributed by atoms with E-state index >= 15 is 0 Å². The molecule has 18 heavy (non-hydrogen) atoms. The molecule has 0 spiro atoms. The second kappa shape index (κ2) is 5.31. The van der Waals surface area contributed by atoms with Crippen LogP contribution in [0.4, 0.5) is 0 Å². The number of aromatic nitrogens is 1. The number of carbonyl (C=O) groups is 1. The van der Waals surface area contributed by atoms with Crippen LogP contribution in [-0.2, 0) is 4.74 Å². The predicted octanol–water partition coefficient (Wildman–Crippen LogP) is 2.63. The summed E-state index contributed by atoms with van der Waals surface area (Å²) in [5.41, 5.74) is 1.92. The summed E-state index contributed by atoms with van der Waals surface area (Å²) < 4.78 is 4.85. The lowest BCUT2D eigenvalue weighted by atomic mass is 10.0. The van der Waals surface area contributed by atoms with Crippen LogP contribution in [0, 0.1) is 0 Å². The molecule has 0 aliphatic heterocycles. The highest BCUT2D eigenvalue weighted by Gasteiger charge is 2.12. The molecule has 0 aliphatic rings. The number of aromatic hydroxyl groups is 1. The summed E-state index contributed by atoms with van der Waals surface area (Å²) in [6.07, 6.45) is 3.34. The Morgan fingerprint density at radius 1 is 1.22 bits per heavy atom. The van der Waals surface area contributed by atoms with Crippen molar-refractivity contribution in [2.45, 2.75) is 6.92 Å². The molecule has 0 saturated heterocycles. The first-order valence-electron chi connectivity index (χ1n) is 5.63. The largest absolute Gasteiger partial charge is 0.507 e. The van der Waals surface area contributed by atoms with Crippen molar-refractivity contribution in [1.82, 2.24) is 4.98 Å². The minimum Gasteiger partial charge on any atom is -0.507 e. The van der Waals surface area contributed by atoms with E-state index in [9.17, 15) is 9.90 Å². The van der Waals surface area contributed by atoms with Crippen LogP contribution in [0.5, 0.6) is 5.75 Å². The van der Waals surface area contributed by atoms with Crippen molar-refractivity contribution >= 4 is 5.97 Å². The first kappa shape index (κ1) is 12.1. The topological polar surface area (TPSA) is 59.4 Å². The lowest BCUT2D eigenvalue weighted by Gasteiger charge is -2.06. The highest BCUT2D eigenvalue weighted by molar-refractivity contribution is 5.93. The third-order valence-corrected chi connectivity index (χ3v) is 2.51. The molecule has 0 bridgehead atoms. The van der Waals surface area contributed by atoms with E-state index in [1.54, 1.807) is 37.5 Å². The van der Waals surface area contributed by atoms with E-state index in [0.29, 0.717) is 0 Å². The maximum atomic E-state index is 11.5. The molecule has 92 valence electrons. The summed E-state index contributed by atoms with van der Waals surface area (Å²) in [4.78, 5) is 15.4. The highest BCUT2D eigenvalue weighted by Crippen LogP contribution is 2.26. The Morgan fingerprint density at radius 3 is 2.56 bits per heavy atom. The standard InChI is InChI=1S/C14H13NO3/c1-2-18-14(17)12-4-3-11(9-13(12)16)10-5-7-15-8-6-10/h3-9,16H,2H2,1H3. The van der Waals surface area contributed by atoms with Gasteiger partial charge in [0.05, 0.1) is 6.61 Å². The molecule has 1 heterocycles. The van der Waals surface area contributed by atoms with E-state index in [1.807, 2.05) is 12.1 Å². The third kappa shape index (κ3) is 2.48. The minimum atomic E-state index is -0.517. The van der Waals surface area contributed by atoms with Gasteiger partial charge < -0.3 is 9.84 Å². The molecule has 4 heteroatoms. The zero-order valence-electron chi connectivity index (χ0n) is 9.96. The second-order valence-electron chi connectivity index (χ2n) is 3.69. The van der Waals surface area contributed by atoms with E-state index in [4.69, 9.17) is 4.74 Å². The number of pyridine rings is 1. The molecule has 0 atom stereocenters. The van der Waals surface area contributed by atoms with Gasteiger partial charge in [-0.15, -0.1) is 0 Å². The van der Waals surface area contributed by atoms with Crippen LogP contribution < -0.4 is 0 Å². The average molecular weight is 243 g/mol.